The van der Waals surface area contributed by atoms with E-state index in [4.69, 9.17) is 4.84 Å². The van der Waals surface area contributed by atoms with Gasteiger partial charge in [0.05, 0.1) is 12.8 Å². The monoisotopic (exact) mass is 358 g/mol. The highest BCUT2D eigenvalue weighted by molar-refractivity contribution is 7.99. The first-order valence-electron chi connectivity index (χ1n) is 8.40. The van der Waals surface area contributed by atoms with Crippen molar-refractivity contribution in [3.63, 3.8) is 0 Å². The average molecular weight is 359 g/mol. The van der Waals surface area contributed by atoms with Crippen molar-refractivity contribution in [2.75, 3.05) is 24.3 Å². The zero-order valence-electron chi connectivity index (χ0n) is 15.5. The minimum atomic E-state index is 0.752. The van der Waals surface area contributed by atoms with Crippen LogP contribution < -0.4 is 10.4 Å². The van der Waals surface area contributed by atoms with Crippen molar-refractivity contribution in [3.05, 3.63) is 47.4 Å². The molecule has 0 spiro atoms. The Morgan fingerprint density at radius 3 is 2.48 bits per heavy atom. The van der Waals surface area contributed by atoms with E-state index in [9.17, 15) is 0 Å². The van der Waals surface area contributed by atoms with Crippen molar-refractivity contribution in [2.24, 2.45) is 0 Å². The van der Waals surface area contributed by atoms with Gasteiger partial charge < -0.3 is 4.90 Å². The molecule has 0 aliphatic heterocycles. The molecule has 6 heteroatoms. The largest absolute Gasteiger partial charge is 0.310 e. The van der Waals surface area contributed by atoms with Gasteiger partial charge in [0.25, 0.3) is 0 Å². The first-order chi connectivity index (χ1) is 12.1. The van der Waals surface area contributed by atoms with Crippen LogP contribution in [0.2, 0.25) is 0 Å². The minimum absolute atomic E-state index is 0.752. The summed E-state index contributed by atoms with van der Waals surface area (Å²) in [6, 6.07) is 8.40. The van der Waals surface area contributed by atoms with Crippen LogP contribution in [0.1, 0.15) is 30.8 Å². The van der Waals surface area contributed by atoms with Gasteiger partial charge in [-0.2, -0.15) is 0 Å². The summed E-state index contributed by atoms with van der Waals surface area (Å²) >= 11 is 1.82. The number of hydroxylamine groups is 1. The van der Waals surface area contributed by atoms with Gasteiger partial charge in [-0.25, -0.2) is 9.97 Å². The lowest BCUT2D eigenvalue weighted by molar-refractivity contribution is 0.129. The fourth-order valence-corrected chi connectivity index (χ4v) is 3.43. The van der Waals surface area contributed by atoms with Gasteiger partial charge in [-0.15, -0.1) is 11.8 Å². The van der Waals surface area contributed by atoms with E-state index in [2.05, 4.69) is 52.4 Å². The maximum Gasteiger partial charge on any atom is 0.230 e. The van der Waals surface area contributed by atoms with E-state index in [1.54, 1.807) is 13.3 Å². The van der Waals surface area contributed by atoms with E-state index in [1.807, 2.05) is 37.8 Å². The van der Waals surface area contributed by atoms with Crippen LogP contribution in [0.25, 0.3) is 6.08 Å². The number of nitrogens with zero attached hydrogens (tertiary/aromatic N) is 3. The Bertz CT molecular complexity index is 713. The molecular formula is C19H26N4OS. The molecule has 1 heterocycles. The number of thioether (sulfide) groups is 1. The molecular weight excluding hydrogens is 332 g/mol. The summed E-state index contributed by atoms with van der Waals surface area (Å²) in [5.41, 5.74) is 6.93. The Labute approximate surface area is 154 Å². The molecule has 0 atom stereocenters. The van der Waals surface area contributed by atoms with Crippen LogP contribution in [0.3, 0.4) is 0 Å². The second-order valence-electron chi connectivity index (χ2n) is 5.51. The third-order valence-electron chi connectivity index (χ3n) is 3.56. The van der Waals surface area contributed by atoms with E-state index in [-0.39, 0.29) is 0 Å². The van der Waals surface area contributed by atoms with Gasteiger partial charge in [0, 0.05) is 29.0 Å². The zero-order chi connectivity index (χ0) is 18.2. The van der Waals surface area contributed by atoms with Gasteiger partial charge >= 0.3 is 0 Å². The summed E-state index contributed by atoms with van der Waals surface area (Å²) in [5.74, 6) is 1.75. The molecule has 2 aromatic rings. The highest BCUT2D eigenvalue weighted by Gasteiger charge is 2.15. The van der Waals surface area contributed by atoms with Crippen molar-refractivity contribution < 1.29 is 4.84 Å². The number of hydrogen-bond donors (Lipinski definition) is 1. The van der Waals surface area contributed by atoms with E-state index in [1.165, 1.54) is 4.90 Å². The van der Waals surface area contributed by atoms with E-state index in [0.29, 0.717) is 0 Å². The lowest BCUT2D eigenvalue weighted by atomic mass is 10.2. The molecule has 0 amide bonds. The third kappa shape index (κ3) is 5.21. The van der Waals surface area contributed by atoms with Crippen molar-refractivity contribution in [1.29, 1.82) is 0 Å². The molecule has 1 aromatic heterocycles. The number of anilines is 2. The standard InChI is InChI=1S/C19H26N4OS/c1-6-23(19-21-14(3)12-15(4)22-19)17-9-8-16(10-11-20-24-5)13-18(17)25-7-2/h8-13,20H,6-7H2,1-5H3. The Morgan fingerprint density at radius 2 is 1.88 bits per heavy atom. The Kier molecular flexibility index (Phi) is 7.28. The molecule has 0 radical (unpaired) electrons. The zero-order valence-corrected chi connectivity index (χ0v) is 16.4. The molecule has 5 nitrogen and oxygen atoms in total. The molecule has 0 aliphatic rings. The predicted molar refractivity (Wildman–Crippen MR) is 106 cm³/mol. The Balaban J connectivity index is 2.43. The summed E-state index contributed by atoms with van der Waals surface area (Å²) in [4.78, 5) is 17.5. The SMILES string of the molecule is CCSc1cc(C=CNOC)ccc1N(CC)c1nc(C)cc(C)n1. The van der Waals surface area contributed by atoms with Crippen LogP contribution in [0.5, 0.6) is 0 Å². The van der Waals surface area contributed by atoms with E-state index in [0.717, 1.165) is 40.9 Å². The molecule has 134 valence electrons. The van der Waals surface area contributed by atoms with Gasteiger partial charge in [-0.3, -0.25) is 10.3 Å². The summed E-state index contributed by atoms with van der Waals surface area (Å²) in [6.45, 7) is 9.10. The van der Waals surface area contributed by atoms with Crippen LogP contribution in [-0.4, -0.2) is 29.4 Å². The molecule has 0 aliphatic carbocycles. The highest BCUT2D eigenvalue weighted by atomic mass is 32.2. The van der Waals surface area contributed by atoms with Crippen molar-refractivity contribution in [1.82, 2.24) is 15.4 Å². The Morgan fingerprint density at radius 1 is 1.16 bits per heavy atom. The first kappa shape index (κ1) is 19.3. The minimum Gasteiger partial charge on any atom is -0.310 e. The van der Waals surface area contributed by atoms with Crippen LogP contribution in [-0.2, 0) is 4.84 Å². The summed E-state index contributed by atoms with van der Waals surface area (Å²) in [5, 5.41) is 0. The van der Waals surface area contributed by atoms with Gasteiger partial charge in [-0.05, 0) is 56.4 Å². The quantitative estimate of drug-likeness (QED) is 0.554. The van der Waals surface area contributed by atoms with Gasteiger partial charge in [0.1, 0.15) is 0 Å². The smallest absolute Gasteiger partial charge is 0.230 e. The van der Waals surface area contributed by atoms with Gasteiger partial charge in [-0.1, -0.05) is 13.0 Å². The summed E-state index contributed by atoms with van der Waals surface area (Å²) < 4.78 is 0. The fourth-order valence-electron chi connectivity index (χ4n) is 2.57. The normalized spacial score (nSPS) is 11.1. The van der Waals surface area contributed by atoms with Crippen LogP contribution in [0.4, 0.5) is 11.6 Å². The molecule has 0 bridgehead atoms. The molecule has 2 rings (SSSR count). The maximum atomic E-state index is 4.83. The topological polar surface area (TPSA) is 50.3 Å². The fraction of sp³-hybridized carbons (Fsp3) is 0.368. The molecule has 1 N–H and O–H groups in total. The number of rotatable bonds is 8. The third-order valence-corrected chi connectivity index (χ3v) is 4.49. The van der Waals surface area contributed by atoms with E-state index >= 15 is 0 Å². The number of benzene rings is 1. The number of hydrogen-bond acceptors (Lipinski definition) is 6. The number of aromatic nitrogens is 2. The second-order valence-corrected chi connectivity index (χ2v) is 6.82. The Hall–Kier alpha value is -2.05. The maximum absolute atomic E-state index is 4.83. The van der Waals surface area contributed by atoms with Crippen molar-refractivity contribution in [3.8, 4) is 0 Å². The van der Waals surface area contributed by atoms with Crippen molar-refractivity contribution in [2.45, 2.75) is 32.6 Å². The summed E-state index contributed by atoms with van der Waals surface area (Å²) in [7, 11) is 1.59. The second kappa shape index (κ2) is 9.44. The summed E-state index contributed by atoms with van der Waals surface area (Å²) in [6.07, 6.45) is 3.76. The molecule has 25 heavy (non-hydrogen) atoms. The van der Waals surface area contributed by atoms with Crippen LogP contribution in [0.15, 0.2) is 35.4 Å². The average Bonchev–Trinajstić information content (AvgIpc) is 2.57. The lowest BCUT2D eigenvalue weighted by Gasteiger charge is -2.24. The molecule has 0 fully saturated rings. The van der Waals surface area contributed by atoms with Crippen molar-refractivity contribution >= 4 is 29.5 Å². The van der Waals surface area contributed by atoms with Gasteiger partial charge in [0.2, 0.25) is 5.95 Å². The predicted octanol–water partition coefficient (Wildman–Crippen LogP) is 4.49. The highest BCUT2D eigenvalue weighted by Crippen LogP contribution is 2.34. The molecule has 0 unspecified atom stereocenters. The lowest BCUT2D eigenvalue weighted by Crippen LogP contribution is -2.20. The number of nitrogens with one attached hydrogen (secondary N) is 1. The molecule has 0 saturated heterocycles. The molecule has 0 saturated carbocycles. The van der Waals surface area contributed by atoms with Crippen LogP contribution in [0, 0.1) is 13.8 Å². The van der Waals surface area contributed by atoms with Crippen LogP contribution >= 0.6 is 11.8 Å². The van der Waals surface area contributed by atoms with E-state index < -0.39 is 0 Å². The number of aryl methyl sites for hydroxylation is 2. The first-order valence-corrected chi connectivity index (χ1v) is 9.39. The molecule has 1 aromatic carbocycles. The van der Waals surface area contributed by atoms with Gasteiger partial charge in [0.15, 0.2) is 0 Å².